The van der Waals surface area contributed by atoms with E-state index in [1.165, 1.54) is 11.3 Å². The quantitative estimate of drug-likeness (QED) is 0.397. The van der Waals surface area contributed by atoms with E-state index in [4.69, 9.17) is 11.6 Å². The van der Waals surface area contributed by atoms with Gasteiger partial charge in [0.15, 0.2) is 0 Å². The first-order valence-electron chi connectivity index (χ1n) is 7.17. The van der Waals surface area contributed by atoms with Gasteiger partial charge in [-0.25, -0.2) is 13.4 Å². The van der Waals surface area contributed by atoms with E-state index < -0.39 is 32.6 Å². The van der Waals surface area contributed by atoms with Crippen LogP contribution in [-0.4, -0.2) is 30.6 Å². The molecule has 0 aliphatic carbocycles. The van der Waals surface area contributed by atoms with Crippen molar-refractivity contribution in [3.8, 4) is 0 Å². The summed E-state index contributed by atoms with van der Waals surface area (Å²) in [6.07, 6.45) is 2.53. The van der Waals surface area contributed by atoms with Crippen LogP contribution in [0.15, 0.2) is 23.7 Å². The number of aromatic nitrogens is 1. The number of halogens is 2. The Labute approximate surface area is 153 Å². The third-order valence-electron chi connectivity index (χ3n) is 3.55. The number of hydrogen-bond acceptors (Lipinski definition) is 6. The molecule has 0 saturated carbocycles. The number of pyridine rings is 1. The zero-order valence-corrected chi connectivity index (χ0v) is 15.7. The fourth-order valence-electron chi connectivity index (χ4n) is 2.49. The van der Waals surface area contributed by atoms with E-state index >= 15 is 0 Å². The van der Waals surface area contributed by atoms with Gasteiger partial charge in [0.25, 0.3) is 5.95 Å². The molecule has 0 fully saturated rings. The monoisotopic (exact) mass is 407 g/mol. The van der Waals surface area contributed by atoms with Crippen LogP contribution < -0.4 is 4.31 Å². The van der Waals surface area contributed by atoms with E-state index in [9.17, 15) is 22.9 Å². The van der Waals surface area contributed by atoms with E-state index in [0.29, 0.717) is 11.4 Å². The molecule has 2 heterocycles. The van der Waals surface area contributed by atoms with E-state index in [0.717, 1.165) is 27.7 Å². The molecule has 25 heavy (non-hydrogen) atoms. The molecule has 2 aromatic heterocycles. The Balaban J connectivity index is 2.59. The van der Waals surface area contributed by atoms with E-state index in [2.05, 4.69) is 4.98 Å². The lowest BCUT2D eigenvalue weighted by Gasteiger charge is -2.30. The van der Waals surface area contributed by atoms with Gasteiger partial charge in [-0.3, -0.25) is 14.4 Å². The van der Waals surface area contributed by atoms with E-state index in [1.807, 2.05) is 0 Å². The van der Waals surface area contributed by atoms with Gasteiger partial charge in [-0.2, -0.15) is 4.39 Å². The van der Waals surface area contributed by atoms with Crippen LogP contribution in [0.5, 0.6) is 0 Å². The SMILES string of the molecule is CC[C@H](Cc1sccc1Cl)N(c1ccnc(F)c1[N+](=O)[O-])S(C)(=O)=O. The van der Waals surface area contributed by atoms with Crippen molar-refractivity contribution in [2.24, 2.45) is 0 Å². The topological polar surface area (TPSA) is 93.4 Å². The average molecular weight is 408 g/mol. The molecule has 0 unspecified atom stereocenters. The number of nitrogens with zero attached hydrogens (tertiary/aromatic N) is 3. The van der Waals surface area contributed by atoms with Gasteiger partial charge in [-0.15, -0.1) is 11.3 Å². The molecule has 0 saturated heterocycles. The summed E-state index contributed by atoms with van der Waals surface area (Å²) in [5, 5.41) is 13.5. The number of nitro groups is 1. The number of anilines is 1. The summed E-state index contributed by atoms with van der Waals surface area (Å²) < 4.78 is 39.5. The largest absolute Gasteiger partial charge is 0.348 e. The third kappa shape index (κ3) is 4.25. The standard InChI is InChI=1S/C14H15ClFN3O4S2/c1-3-9(8-12-10(15)5-7-24-12)18(25(2,22)23)11-4-6-17-14(16)13(11)19(20)21/h4-7,9H,3,8H2,1-2H3/t9-/m1/s1. The van der Waals surface area contributed by atoms with Gasteiger partial charge in [0.1, 0.15) is 5.69 Å². The van der Waals surface area contributed by atoms with Gasteiger partial charge in [0, 0.05) is 23.5 Å². The van der Waals surface area contributed by atoms with Crippen LogP contribution in [-0.2, 0) is 16.4 Å². The Morgan fingerprint density at radius 2 is 2.16 bits per heavy atom. The molecule has 2 rings (SSSR count). The Morgan fingerprint density at radius 1 is 1.48 bits per heavy atom. The van der Waals surface area contributed by atoms with E-state index in [-0.39, 0.29) is 12.1 Å². The molecule has 0 spiro atoms. The number of hydrogen-bond donors (Lipinski definition) is 0. The predicted molar refractivity (Wildman–Crippen MR) is 95.3 cm³/mol. The highest BCUT2D eigenvalue weighted by Crippen LogP contribution is 2.35. The van der Waals surface area contributed by atoms with Crippen LogP contribution in [0.25, 0.3) is 0 Å². The first kappa shape index (κ1) is 19.5. The van der Waals surface area contributed by atoms with Gasteiger partial charge >= 0.3 is 5.69 Å². The highest BCUT2D eigenvalue weighted by molar-refractivity contribution is 7.92. The van der Waals surface area contributed by atoms with Crippen molar-refractivity contribution >= 4 is 44.3 Å². The van der Waals surface area contributed by atoms with Crippen molar-refractivity contribution in [1.29, 1.82) is 0 Å². The smallest absolute Gasteiger partial charge is 0.260 e. The molecule has 0 radical (unpaired) electrons. The van der Waals surface area contributed by atoms with Crippen molar-refractivity contribution < 1.29 is 17.7 Å². The second kappa shape index (κ2) is 7.63. The number of thiophene rings is 1. The van der Waals surface area contributed by atoms with Crippen LogP contribution in [0.3, 0.4) is 0 Å². The molecule has 11 heteroatoms. The summed E-state index contributed by atoms with van der Waals surface area (Å²) in [5.41, 5.74) is -1.32. The molecule has 1 atom stereocenters. The summed E-state index contributed by atoms with van der Waals surface area (Å²) in [6.45, 7) is 1.74. The maximum atomic E-state index is 13.9. The van der Waals surface area contributed by atoms with Crippen LogP contribution >= 0.6 is 22.9 Å². The van der Waals surface area contributed by atoms with Crippen molar-refractivity contribution in [2.45, 2.75) is 25.8 Å². The Morgan fingerprint density at radius 3 is 2.64 bits per heavy atom. The van der Waals surface area contributed by atoms with E-state index in [1.54, 1.807) is 18.4 Å². The number of sulfonamides is 1. The summed E-state index contributed by atoms with van der Waals surface area (Å²) in [6, 6.07) is 2.15. The third-order valence-corrected chi connectivity index (χ3v) is 6.17. The average Bonchev–Trinajstić information content (AvgIpc) is 2.90. The lowest BCUT2D eigenvalue weighted by molar-refractivity contribution is -0.387. The normalized spacial score (nSPS) is 12.8. The van der Waals surface area contributed by atoms with Crippen molar-refractivity contribution in [1.82, 2.24) is 4.98 Å². The second-order valence-corrected chi connectivity index (χ2v) is 8.51. The Kier molecular flexibility index (Phi) is 5.96. The minimum absolute atomic E-state index is 0.251. The van der Waals surface area contributed by atoms with Gasteiger partial charge in [-0.1, -0.05) is 18.5 Å². The van der Waals surface area contributed by atoms with Crippen LogP contribution in [0.2, 0.25) is 5.02 Å². The Hall–Kier alpha value is -1.78. The molecule has 0 aliphatic rings. The summed E-state index contributed by atoms with van der Waals surface area (Å²) in [5.74, 6) is -1.33. The van der Waals surface area contributed by atoms with Gasteiger partial charge in [-0.05, 0) is 23.9 Å². The molecule has 136 valence electrons. The molecular weight excluding hydrogens is 393 g/mol. The second-order valence-electron chi connectivity index (χ2n) is 5.24. The van der Waals surface area contributed by atoms with Crippen molar-refractivity contribution in [2.75, 3.05) is 10.6 Å². The molecule has 0 amide bonds. The fraction of sp³-hybridized carbons (Fsp3) is 0.357. The minimum atomic E-state index is -3.92. The highest BCUT2D eigenvalue weighted by Gasteiger charge is 2.34. The Bertz CT molecular complexity index is 888. The van der Waals surface area contributed by atoms with Crippen molar-refractivity contribution in [3.05, 3.63) is 49.7 Å². The summed E-state index contributed by atoms with van der Waals surface area (Å²) in [7, 11) is -3.92. The minimum Gasteiger partial charge on any atom is -0.260 e. The maximum Gasteiger partial charge on any atom is 0.348 e. The molecule has 0 N–H and O–H groups in total. The maximum absolute atomic E-state index is 13.9. The molecular formula is C14H15ClFN3O4S2. The highest BCUT2D eigenvalue weighted by atomic mass is 35.5. The van der Waals surface area contributed by atoms with Gasteiger partial charge in [0.05, 0.1) is 16.2 Å². The van der Waals surface area contributed by atoms with Crippen molar-refractivity contribution in [3.63, 3.8) is 0 Å². The van der Waals surface area contributed by atoms with Crippen LogP contribution in [0.4, 0.5) is 15.8 Å². The lowest BCUT2D eigenvalue weighted by atomic mass is 10.1. The fourth-order valence-corrected chi connectivity index (χ4v) is 4.95. The molecule has 0 aliphatic heterocycles. The van der Waals surface area contributed by atoms with Crippen LogP contribution in [0.1, 0.15) is 18.2 Å². The molecule has 2 aromatic rings. The molecule has 0 aromatic carbocycles. The van der Waals surface area contributed by atoms with Crippen LogP contribution in [0, 0.1) is 16.1 Å². The lowest BCUT2D eigenvalue weighted by Crippen LogP contribution is -2.41. The summed E-state index contributed by atoms with van der Waals surface area (Å²) in [4.78, 5) is 14.3. The predicted octanol–water partition coefficient (Wildman–Crippen LogP) is 3.63. The zero-order valence-electron chi connectivity index (χ0n) is 13.3. The molecule has 0 bridgehead atoms. The number of rotatable bonds is 7. The zero-order chi connectivity index (χ0) is 18.8. The molecule has 7 nitrogen and oxygen atoms in total. The first-order valence-corrected chi connectivity index (χ1v) is 10.3. The van der Waals surface area contributed by atoms with Gasteiger partial charge in [0.2, 0.25) is 10.0 Å². The first-order chi connectivity index (χ1) is 11.7. The summed E-state index contributed by atoms with van der Waals surface area (Å²) >= 11 is 7.43. The van der Waals surface area contributed by atoms with Gasteiger partial charge < -0.3 is 0 Å².